The highest BCUT2D eigenvalue weighted by molar-refractivity contribution is 5.71. The molecule has 0 spiro atoms. The molecular formula is C53H98O6. The van der Waals surface area contributed by atoms with Gasteiger partial charge in [0.05, 0.1) is 0 Å². The third kappa shape index (κ3) is 46.8. The maximum Gasteiger partial charge on any atom is 0.306 e. The number of esters is 3. The Morgan fingerprint density at radius 2 is 0.610 bits per heavy atom. The van der Waals surface area contributed by atoms with Crippen molar-refractivity contribution >= 4 is 17.9 Å². The molecule has 0 saturated carbocycles. The molecule has 0 aromatic heterocycles. The molecule has 1 unspecified atom stereocenters. The molecule has 0 aliphatic heterocycles. The lowest BCUT2D eigenvalue weighted by Gasteiger charge is -2.18. The van der Waals surface area contributed by atoms with E-state index in [1.54, 1.807) is 0 Å². The van der Waals surface area contributed by atoms with E-state index in [1.165, 1.54) is 161 Å². The van der Waals surface area contributed by atoms with E-state index in [-0.39, 0.29) is 31.1 Å². The zero-order chi connectivity index (χ0) is 43.0. The molecule has 6 nitrogen and oxygen atoms in total. The van der Waals surface area contributed by atoms with Gasteiger partial charge in [-0.25, -0.2) is 0 Å². The summed E-state index contributed by atoms with van der Waals surface area (Å²) in [5.74, 6) is -0.872. The summed E-state index contributed by atoms with van der Waals surface area (Å²) in [6.45, 7) is 6.63. The summed E-state index contributed by atoms with van der Waals surface area (Å²) in [6.07, 6.45) is 54.4. The minimum atomic E-state index is -0.770. The van der Waals surface area contributed by atoms with Gasteiger partial charge >= 0.3 is 17.9 Å². The molecular weight excluding hydrogens is 733 g/mol. The minimum Gasteiger partial charge on any atom is -0.462 e. The van der Waals surface area contributed by atoms with Crippen molar-refractivity contribution in [3.63, 3.8) is 0 Å². The topological polar surface area (TPSA) is 78.9 Å². The molecule has 0 amide bonds. The van der Waals surface area contributed by atoms with Gasteiger partial charge in [-0.1, -0.05) is 231 Å². The van der Waals surface area contributed by atoms with E-state index in [0.717, 1.165) is 77.0 Å². The van der Waals surface area contributed by atoms with Crippen LogP contribution in [-0.2, 0) is 28.6 Å². The van der Waals surface area contributed by atoms with E-state index in [2.05, 4.69) is 45.1 Å². The number of allylic oxidation sites excluding steroid dienone is 4. The predicted molar refractivity (Wildman–Crippen MR) is 252 cm³/mol. The van der Waals surface area contributed by atoms with Crippen LogP contribution in [0.5, 0.6) is 0 Å². The van der Waals surface area contributed by atoms with Crippen molar-refractivity contribution in [2.24, 2.45) is 0 Å². The summed E-state index contributed by atoms with van der Waals surface area (Å²) in [5, 5.41) is 0. The smallest absolute Gasteiger partial charge is 0.306 e. The van der Waals surface area contributed by atoms with E-state index in [0.29, 0.717) is 19.3 Å². The molecule has 0 N–H and O–H groups in total. The maximum absolute atomic E-state index is 12.8. The molecule has 0 aromatic rings. The Morgan fingerprint density at radius 3 is 0.949 bits per heavy atom. The van der Waals surface area contributed by atoms with Crippen molar-refractivity contribution < 1.29 is 28.6 Å². The van der Waals surface area contributed by atoms with Crippen molar-refractivity contribution in [3.8, 4) is 0 Å². The molecule has 6 heteroatoms. The van der Waals surface area contributed by atoms with E-state index in [9.17, 15) is 14.4 Å². The van der Waals surface area contributed by atoms with Gasteiger partial charge in [0.15, 0.2) is 6.10 Å². The van der Waals surface area contributed by atoms with Crippen LogP contribution in [0.25, 0.3) is 0 Å². The van der Waals surface area contributed by atoms with Gasteiger partial charge in [-0.15, -0.1) is 0 Å². The first kappa shape index (κ1) is 56.9. The largest absolute Gasteiger partial charge is 0.462 e. The lowest BCUT2D eigenvalue weighted by Crippen LogP contribution is -2.30. The highest BCUT2D eigenvalue weighted by Crippen LogP contribution is 2.16. The number of hydrogen-bond acceptors (Lipinski definition) is 6. The Balaban J connectivity index is 4.35. The summed E-state index contributed by atoms with van der Waals surface area (Å²) < 4.78 is 16.8. The van der Waals surface area contributed by atoms with E-state index in [4.69, 9.17) is 14.2 Å². The first-order valence-electron chi connectivity index (χ1n) is 25.8. The number of rotatable bonds is 47. The van der Waals surface area contributed by atoms with Crippen molar-refractivity contribution in [1.82, 2.24) is 0 Å². The fraction of sp³-hybridized carbons (Fsp3) is 0.868. The van der Waals surface area contributed by atoms with Gasteiger partial charge in [0.2, 0.25) is 0 Å². The second-order valence-electron chi connectivity index (χ2n) is 17.4. The van der Waals surface area contributed by atoms with Gasteiger partial charge in [-0.05, 0) is 51.4 Å². The van der Waals surface area contributed by atoms with Crippen LogP contribution in [-0.4, -0.2) is 37.2 Å². The van der Waals surface area contributed by atoms with Crippen LogP contribution >= 0.6 is 0 Å². The number of carbonyl (C=O) groups is 3. The van der Waals surface area contributed by atoms with Gasteiger partial charge in [-0.3, -0.25) is 14.4 Å². The van der Waals surface area contributed by atoms with Crippen LogP contribution < -0.4 is 0 Å². The standard InChI is InChI=1S/C53H98O6/c1-4-7-10-13-16-19-22-25-26-27-29-31-34-37-40-43-46-52(55)58-49-50(48-57-51(54)45-42-39-36-33-30-24-21-18-15-12-9-6-3)59-53(56)47-44-41-38-35-32-28-23-20-17-14-11-8-5-2/h19,22,26-27,50H,4-18,20-21,23-25,28-49H2,1-3H3/b22-19-,27-26-. The first-order valence-corrected chi connectivity index (χ1v) is 25.8. The summed E-state index contributed by atoms with van der Waals surface area (Å²) in [4.78, 5) is 37.9. The highest BCUT2D eigenvalue weighted by Gasteiger charge is 2.19. The average molecular weight is 831 g/mol. The summed E-state index contributed by atoms with van der Waals surface area (Å²) >= 11 is 0. The SMILES string of the molecule is CCCCCC/C=C\C/C=C\CCCCCCCC(=O)OCC(COC(=O)CCCCCCCCCCCCCC)OC(=O)CCCCCCCCCCCCCCC. The Bertz CT molecular complexity index is 958. The van der Waals surface area contributed by atoms with Crippen LogP contribution in [0, 0.1) is 0 Å². The molecule has 0 aliphatic rings. The Kier molecular flexibility index (Phi) is 46.8. The number of carbonyl (C=O) groups excluding carboxylic acids is 3. The van der Waals surface area contributed by atoms with E-state index >= 15 is 0 Å². The quantitative estimate of drug-likeness (QED) is 0.0263. The van der Waals surface area contributed by atoms with Gasteiger partial charge in [0.1, 0.15) is 13.2 Å². The monoisotopic (exact) mass is 831 g/mol. The number of hydrogen-bond donors (Lipinski definition) is 0. The van der Waals surface area contributed by atoms with Gasteiger partial charge < -0.3 is 14.2 Å². The molecule has 59 heavy (non-hydrogen) atoms. The van der Waals surface area contributed by atoms with Crippen molar-refractivity contribution in [2.75, 3.05) is 13.2 Å². The third-order valence-electron chi connectivity index (χ3n) is 11.5. The number of unbranched alkanes of at least 4 members (excludes halogenated alkanes) is 32. The predicted octanol–water partition coefficient (Wildman–Crippen LogP) is 16.8. The molecule has 1 atom stereocenters. The molecule has 346 valence electrons. The zero-order valence-corrected chi connectivity index (χ0v) is 39.5. The summed E-state index contributed by atoms with van der Waals surface area (Å²) in [6, 6.07) is 0. The third-order valence-corrected chi connectivity index (χ3v) is 11.5. The Labute approximate surface area is 366 Å². The van der Waals surface area contributed by atoms with Crippen LogP contribution in [0.2, 0.25) is 0 Å². The highest BCUT2D eigenvalue weighted by atomic mass is 16.6. The van der Waals surface area contributed by atoms with E-state index < -0.39 is 6.10 Å². The summed E-state index contributed by atoms with van der Waals surface area (Å²) in [5.41, 5.74) is 0. The molecule has 0 bridgehead atoms. The lowest BCUT2D eigenvalue weighted by molar-refractivity contribution is -0.167. The molecule has 0 aromatic carbocycles. The summed E-state index contributed by atoms with van der Waals surface area (Å²) in [7, 11) is 0. The van der Waals surface area contributed by atoms with Crippen LogP contribution in [0.1, 0.15) is 278 Å². The fourth-order valence-corrected chi connectivity index (χ4v) is 7.53. The van der Waals surface area contributed by atoms with Crippen molar-refractivity contribution in [1.29, 1.82) is 0 Å². The molecule has 0 aliphatic carbocycles. The first-order chi connectivity index (χ1) is 29.0. The van der Waals surface area contributed by atoms with Crippen LogP contribution in [0.15, 0.2) is 24.3 Å². The molecule has 0 fully saturated rings. The van der Waals surface area contributed by atoms with Gasteiger partial charge in [0.25, 0.3) is 0 Å². The van der Waals surface area contributed by atoms with Gasteiger partial charge in [-0.2, -0.15) is 0 Å². The van der Waals surface area contributed by atoms with Crippen LogP contribution in [0.3, 0.4) is 0 Å². The molecule has 0 saturated heterocycles. The van der Waals surface area contributed by atoms with Crippen LogP contribution in [0.4, 0.5) is 0 Å². The van der Waals surface area contributed by atoms with Crippen molar-refractivity contribution in [2.45, 2.75) is 284 Å². The van der Waals surface area contributed by atoms with E-state index in [1.807, 2.05) is 0 Å². The average Bonchev–Trinajstić information content (AvgIpc) is 3.23. The molecule has 0 heterocycles. The Morgan fingerprint density at radius 1 is 0.339 bits per heavy atom. The second-order valence-corrected chi connectivity index (χ2v) is 17.4. The number of ether oxygens (including phenoxy) is 3. The Hall–Kier alpha value is -2.11. The zero-order valence-electron chi connectivity index (χ0n) is 39.5. The second kappa shape index (κ2) is 48.6. The minimum absolute atomic E-state index is 0.0709. The normalized spacial score (nSPS) is 12.1. The van der Waals surface area contributed by atoms with Crippen molar-refractivity contribution in [3.05, 3.63) is 24.3 Å². The molecule has 0 radical (unpaired) electrons. The van der Waals surface area contributed by atoms with Gasteiger partial charge in [0, 0.05) is 19.3 Å². The lowest BCUT2D eigenvalue weighted by atomic mass is 10.0. The molecule has 0 rings (SSSR count). The maximum atomic E-state index is 12.8. The fourth-order valence-electron chi connectivity index (χ4n) is 7.53.